The highest BCUT2D eigenvalue weighted by molar-refractivity contribution is 7.92. The Bertz CT molecular complexity index is 960. The fraction of sp³-hybridized carbons (Fsp3) is 0.278. The number of carbonyl (C=O) groups excluding carboxylic acids is 1. The summed E-state index contributed by atoms with van der Waals surface area (Å²) in [5.74, 6) is -0.924. The standard InChI is InChI=1S/C18H17ClF3NO4S/c1-3-27-17(24)11-23(28(25,26)14-7-4-12(2)5-8-14)16-10-13(18(20,21)22)6-9-15(16)19/h4-10H,3,11H2,1-2H3. The zero-order valence-electron chi connectivity index (χ0n) is 15.0. The highest BCUT2D eigenvalue weighted by Crippen LogP contribution is 2.37. The van der Waals surface area contributed by atoms with E-state index in [0.717, 1.165) is 17.7 Å². The molecule has 0 aliphatic rings. The molecule has 0 unspecified atom stereocenters. The van der Waals surface area contributed by atoms with Crippen LogP contribution < -0.4 is 4.31 Å². The minimum atomic E-state index is -4.72. The van der Waals surface area contributed by atoms with Crippen molar-refractivity contribution in [3.8, 4) is 0 Å². The van der Waals surface area contributed by atoms with Crippen molar-refractivity contribution >= 4 is 33.3 Å². The highest BCUT2D eigenvalue weighted by Gasteiger charge is 2.34. The highest BCUT2D eigenvalue weighted by atomic mass is 35.5. The number of alkyl halides is 3. The van der Waals surface area contributed by atoms with Crippen molar-refractivity contribution in [2.45, 2.75) is 24.9 Å². The van der Waals surface area contributed by atoms with Crippen LogP contribution in [0.25, 0.3) is 0 Å². The number of sulfonamides is 1. The minimum Gasteiger partial charge on any atom is -0.465 e. The Morgan fingerprint density at radius 1 is 1.14 bits per heavy atom. The zero-order valence-corrected chi connectivity index (χ0v) is 16.5. The first-order valence-corrected chi connectivity index (χ1v) is 9.90. The van der Waals surface area contributed by atoms with Crippen LogP contribution in [0.5, 0.6) is 0 Å². The molecule has 0 amide bonds. The molecule has 28 heavy (non-hydrogen) atoms. The van der Waals surface area contributed by atoms with Crippen LogP contribution in [0.4, 0.5) is 18.9 Å². The van der Waals surface area contributed by atoms with E-state index in [0.29, 0.717) is 10.4 Å². The van der Waals surface area contributed by atoms with Crippen LogP contribution in [0.1, 0.15) is 18.1 Å². The quantitative estimate of drug-likeness (QED) is 0.630. The lowest BCUT2D eigenvalue weighted by atomic mass is 10.2. The first-order valence-electron chi connectivity index (χ1n) is 8.08. The van der Waals surface area contributed by atoms with E-state index in [1.165, 1.54) is 31.2 Å². The van der Waals surface area contributed by atoms with Gasteiger partial charge in [0.1, 0.15) is 6.54 Å². The Kier molecular flexibility index (Phi) is 6.61. The van der Waals surface area contributed by atoms with Gasteiger partial charge in [0.05, 0.1) is 27.8 Å². The number of aryl methyl sites for hydroxylation is 1. The van der Waals surface area contributed by atoms with Crippen molar-refractivity contribution in [2.24, 2.45) is 0 Å². The van der Waals surface area contributed by atoms with Gasteiger partial charge in [0.25, 0.3) is 10.0 Å². The van der Waals surface area contributed by atoms with Crippen LogP contribution in [0.15, 0.2) is 47.4 Å². The molecule has 2 rings (SSSR count). The molecule has 0 bridgehead atoms. The van der Waals surface area contributed by atoms with Gasteiger partial charge < -0.3 is 4.74 Å². The molecule has 0 saturated carbocycles. The van der Waals surface area contributed by atoms with Crippen LogP contribution >= 0.6 is 11.6 Å². The molecule has 0 aliphatic heterocycles. The maximum atomic E-state index is 13.1. The van der Waals surface area contributed by atoms with E-state index in [9.17, 15) is 26.4 Å². The van der Waals surface area contributed by atoms with Crippen LogP contribution in [-0.2, 0) is 25.7 Å². The van der Waals surface area contributed by atoms with E-state index in [-0.39, 0.29) is 16.5 Å². The average Bonchev–Trinajstić information content (AvgIpc) is 2.60. The third kappa shape index (κ3) is 4.96. The lowest BCUT2D eigenvalue weighted by Gasteiger charge is -2.25. The Hall–Kier alpha value is -2.26. The molecule has 0 aromatic heterocycles. The van der Waals surface area contributed by atoms with E-state index in [2.05, 4.69) is 0 Å². The first-order chi connectivity index (χ1) is 13.0. The maximum Gasteiger partial charge on any atom is 0.416 e. The number of hydrogen-bond donors (Lipinski definition) is 0. The largest absolute Gasteiger partial charge is 0.465 e. The van der Waals surface area contributed by atoms with E-state index < -0.39 is 40.0 Å². The summed E-state index contributed by atoms with van der Waals surface area (Å²) in [6, 6.07) is 7.91. The lowest BCUT2D eigenvalue weighted by Crippen LogP contribution is -2.37. The molecule has 2 aromatic rings. The summed E-state index contributed by atoms with van der Waals surface area (Å²) in [7, 11) is -4.39. The van der Waals surface area contributed by atoms with Gasteiger partial charge in [-0.15, -0.1) is 0 Å². The zero-order chi connectivity index (χ0) is 21.1. The number of halogens is 4. The summed E-state index contributed by atoms with van der Waals surface area (Å²) < 4.78 is 70.8. The van der Waals surface area contributed by atoms with Gasteiger partial charge in [-0.25, -0.2) is 8.42 Å². The van der Waals surface area contributed by atoms with E-state index >= 15 is 0 Å². The molecule has 0 atom stereocenters. The SMILES string of the molecule is CCOC(=O)CN(c1cc(C(F)(F)F)ccc1Cl)S(=O)(=O)c1ccc(C)cc1. The normalized spacial score (nSPS) is 11.9. The van der Waals surface area contributed by atoms with Gasteiger partial charge in [-0.05, 0) is 44.2 Å². The smallest absolute Gasteiger partial charge is 0.416 e. The third-order valence-electron chi connectivity index (χ3n) is 3.73. The third-order valence-corrected chi connectivity index (χ3v) is 5.82. The van der Waals surface area contributed by atoms with Gasteiger partial charge in [-0.2, -0.15) is 13.2 Å². The molecule has 5 nitrogen and oxygen atoms in total. The summed E-state index contributed by atoms with van der Waals surface area (Å²) in [6.45, 7) is 2.42. The summed E-state index contributed by atoms with van der Waals surface area (Å²) in [5.41, 5.74) is -0.780. The molecule has 0 heterocycles. The predicted octanol–water partition coefficient (Wildman–Crippen LogP) is 4.43. The Balaban J connectivity index is 2.63. The minimum absolute atomic E-state index is 0.0203. The molecule has 152 valence electrons. The number of nitrogens with zero attached hydrogens (tertiary/aromatic N) is 1. The van der Waals surface area contributed by atoms with E-state index in [4.69, 9.17) is 16.3 Å². The first kappa shape index (κ1) is 22.0. The number of hydrogen-bond acceptors (Lipinski definition) is 4. The number of rotatable bonds is 6. The fourth-order valence-corrected chi connectivity index (χ4v) is 4.03. The number of ether oxygens (including phenoxy) is 1. The van der Waals surface area contributed by atoms with E-state index in [1.54, 1.807) is 6.92 Å². The Morgan fingerprint density at radius 2 is 1.75 bits per heavy atom. The Morgan fingerprint density at radius 3 is 2.29 bits per heavy atom. The Labute approximate surface area is 165 Å². The number of carbonyl (C=O) groups is 1. The van der Waals surface area contributed by atoms with Crippen molar-refractivity contribution in [3.05, 3.63) is 58.6 Å². The second-order valence-electron chi connectivity index (χ2n) is 5.79. The van der Waals surface area contributed by atoms with Gasteiger partial charge in [-0.3, -0.25) is 9.10 Å². The number of benzene rings is 2. The average molecular weight is 436 g/mol. The molecule has 0 N–H and O–H groups in total. The summed E-state index contributed by atoms with van der Waals surface area (Å²) in [4.78, 5) is 11.8. The molecular formula is C18H17ClF3NO4S. The fourth-order valence-electron chi connectivity index (χ4n) is 2.34. The lowest BCUT2D eigenvalue weighted by molar-refractivity contribution is -0.141. The number of anilines is 1. The second kappa shape index (κ2) is 8.40. The molecule has 10 heteroatoms. The summed E-state index contributed by atoms with van der Waals surface area (Å²) in [5, 5.41) is -0.256. The van der Waals surface area contributed by atoms with Crippen molar-refractivity contribution in [2.75, 3.05) is 17.5 Å². The van der Waals surface area contributed by atoms with Gasteiger partial charge in [0, 0.05) is 0 Å². The molecule has 0 radical (unpaired) electrons. The second-order valence-corrected chi connectivity index (χ2v) is 8.06. The maximum absolute atomic E-state index is 13.1. The summed E-state index contributed by atoms with van der Waals surface area (Å²) in [6.07, 6.45) is -4.72. The van der Waals surface area contributed by atoms with Gasteiger partial charge in [-0.1, -0.05) is 29.3 Å². The predicted molar refractivity (Wildman–Crippen MR) is 98.8 cm³/mol. The van der Waals surface area contributed by atoms with Crippen molar-refractivity contribution < 1.29 is 31.1 Å². The van der Waals surface area contributed by atoms with Crippen molar-refractivity contribution in [1.82, 2.24) is 0 Å². The molecule has 0 aliphatic carbocycles. The molecule has 0 spiro atoms. The molecule has 2 aromatic carbocycles. The van der Waals surface area contributed by atoms with Crippen LogP contribution in [0.3, 0.4) is 0 Å². The molecule has 0 saturated heterocycles. The van der Waals surface area contributed by atoms with Crippen LogP contribution in [0.2, 0.25) is 5.02 Å². The molecular weight excluding hydrogens is 419 g/mol. The van der Waals surface area contributed by atoms with Crippen molar-refractivity contribution in [3.63, 3.8) is 0 Å². The van der Waals surface area contributed by atoms with Crippen LogP contribution in [-0.4, -0.2) is 27.5 Å². The summed E-state index contributed by atoms with van der Waals surface area (Å²) >= 11 is 5.99. The van der Waals surface area contributed by atoms with Crippen LogP contribution in [0, 0.1) is 6.92 Å². The molecule has 0 fully saturated rings. The number of esters is 1. The monoisotopic (exact) mass is 435 g/mol. The van der Waals surface area contributed by atoms with Gasteiger partial charge in [0.15, 0.2) is 0 Å². The van der Waals surface area contributed by atoms with Gasteiger partial charge in [0.2, 0.25) is 0 Å². The topological polar surface area (TPSA) is 63.7 Å². The van der Waals surface area contributed by atoms with Gasteiger partial charge >= 0.3 is 12.1 Å². The van der Waals surface area contributed by atoms with Crippen molar-refractivity contribution in [1.29, 1.82) is 0 Å². The van der Waals surface area contributed by atoms with E-state index in [1.807, 2.05) is 0 Å².